The molecule has 134 valence electrons. The third kappa shape index (κ3) is 4.40. The first-order valence-corrected chi connectivity index (χ1v) is 8.26. The Bertz CT molecular complexity index is 735. The number of carbonyl (C=O) groups excluding carboxylic acids is 1. The maximum atomic E-state index is 13.6. The van der Waals surface area contributed by atoms with Gasteiger partial charge < -0.3 is 9.84 Å². The van der Waals surface area contributed by atoms with Crippen LogP contribution < -0.4 is 5.32 Å². The zero-order valence-electron chi connectivity index (χ0n) is 14.4. The molecule has 0 saturated carbocycles. The highest BCUT2D eigenvalue weighted by atomic mass is 19.1. The van der Waals surface area contributed by atoms with Gasteiger partial charge in [-0.15, -0.1) is 0 Å². The molecule has 1 aromatic carbocycles. The molecule has 1 saturated heterocycles. The van der Waals surface area contributed by atoms with E-state index in [0.29, 0.717) is 23.8 Å². The first kappa shape index (κ1) is 17.5. The number of aryl methyl sites for hydroxylation is 1. The molecule has 1 amide bonds. The number of halogens is 1. The molecule has 1 fully saturated rings. The molecule has 0 radical (unpaired) electrons. The Morgan fingerprint density at radius 3 is 2.92 bits per heavy atom. The molecule has 7 nitrogen and oxygen atoms in total. The molecule has 1 N–H and O–H groups in total. The minimum Gasteiger partial charge on any atom is -0.351 e. The third-order valence-corrected chi connectivity index (χ3v) is 4.36. The molecular formula is C17H22FN5O2. The number of likely N-dealkylation sites (N-methyl/N-ethyl adjacent to an activating group) is 1. The molecule has 3 rings (SSSR count). The van der Waals surface area contributed by atoms with Crippen LogP contribution in [-0.2, 0) is 11.3 Å². The summed E-state index contributed by atoms with van der Waals surface area (Å²) in [5.74, 6) is 0.724. The quantitative estimate of drug-likeness (QED) is 0.874. The van der Waals surface area contributed by atoms with Crippen molar-refractivity contribution in [2.45, 2.75) is 19.5 Å². The number of rotatable bonds is 5. The van der Waals surface area contributed by atoms with Crippen LogP contribution in [0, 0.1) is 12.7 Å². The van der Waals surface area contributed by atoms with E-state index >= 15 is 0 Å². The summed E-state index contributed by atoms with van der Waals surface area (Å²) in [5, 5.41) is 6.61. The molecule has 1 aromatic heterocycles. The molecule has 0 spiro atoms. The smallest absolute Gasteiger partial charge is 0.245 e. The number of hydrogen-bond donors (Lipinski definition) is 1. The summed E-state index contributed by atoms with van der Waals surface area (Å²) in [4.78, 5) is 20.7. The number of amides is 1. The second-order valence-electron chi connectivity index (χ2n) is 6.28. The summed E-state index contributed by atoms with van der Waals surface area (Å²) in [5.41, 5.74) is 0.480. The lowest BCUT2D eigenvalue weighted by Gasteiger charge is -2.37. The molecule has 25 heavy (non-hydrogen) atoms. The van der Waals surface area contributed by atoms with Gasteiger partial charge in [-0.3, -0.25) is 14.6 Å². The number of nitrogens with zero attached hydrogens (tertiary/aromatic N) is 4. The van der Waals surface area contributed by atoms with Crippen molar-refractivity contribution in [2.75, 3.05) is 33.2 Å². The van der Waals surface area contributed by atoms with Crippen LogP contribution in [0.5, 0.6) is 0 Å². The largest absolute Gasteiger partial charge is 0.351 e. The van der Waals surface area contributed by atoms with Crippen molar-refractivity contribution in [3.8, 4) is 0 Å². The summed E-state index contributed by atoms with van der Waals surface area (Å²) in [7, 11) is 2.00. The van der Waals surface area contributed by atoms with E-state index < -0.39 is 0 Å². The molecule has 1 atom stereocenters. The van der Waals surface area contributed by atoms with Gasteiger partial charge >= 0.3 is 0 Å². The standard InChI is InChI=1S/C17H22FN5O2/c1-12-20-17(25-21-12)15-10-23(8-7-22(15)2)11-16(24)19-9-13-5-3-4-6-14(13)18/h3-6,15H,7-11H2,1-2H3,(H,19,24). The Balaban J connectivity index is 1.53. The van der Waals surface area contributed by atoms with Crippen LogP contribution in [0.1, 0.15) is 23.3 Å². The van der Waals surface area contributed by atoms with Gasteiger partial charge in [-0.2, -0.15) is 4.98 Å². The van der Waals surface area contributed by atoms with E-state index in [9.17, 15) is 9.18 Å². The average molecular weight is 347 g/mol. The van der Waals surface area contributed by atoms with Crippen molar-refractivity contribution >= 4 is 5.91 Å². The first-order chi connectivity index (χ1) is 12.0. The average Bonchev–Trinajstić information content (AvgIpc) is 3.02. The maximum Gasteiger partial charge on any atom is 0.245 e. The lowest BCUT2D eigenvalue weighted by molar-refractivity contribution is -0.123. The number of nitrogens with one attached hydrogen (secondary N) is 1. The van der Waals surface area contributed by atoms with E-state index in [1.165, 1.54) is 6.07 Å². The minimum absolute atomic E-state index is 0.0330. The molecule has 2 aromatic rings. The van der Waals surface area contributed by atoms with Crippen LogP contribution in [0.4, 0.5) is 4.39 Å². The molecule has 1 unspecified atom stereocenters. The molecule has 0 aliphatic carbocycles. The number of aromatic nitrogens is 2. The van der Waals surface area contributed by atoms with Gasteiger partial charge in [0.1, 0.15) is 11.9 Å². The summed E-state index contributed by atoms with van der Waals surface area (Å²) < 4.78 is 18.9. The fourth-order valence-electron chi connectivity index (χ4n) is 2.88. The van der Waals surface area contributed by atoms with Crippen LogP contribution in [-0.4, -0.2) is 59.1 Å². The van der Waals surface area contributed by atoms with Gasteiger partial charge in [0.2, 0.25) is 11.8 Å². The third-order valence-electron chi connectivity index (χ3n) is 4.36. The van der Waals surface area contributed by atoms with Gasteiger partial charge in [0, 0.05) is 31.7 Å². The SMILES string of the molecule is Cc1noc(C2CN(CC(=O)NCc3ccccc3F)CCN2C)n1. The summed E-state index contributed by atoms with van der Waals surface area (Å²) >= 11 is 0. The second kappa shape index (κ2) is 7.71. The normalized spacial score (nSPS) is 19.1. The van der Waals surface area contributed by atoms with Crippen LogP contribution in [0.2, 0.25) is 0 Å². The number of piperazine rings is 1. The zero-order valence-corrected chi connectivity index (χ0v) is 14.4. The van der Waals surface area contributed by atoms with Crippen molar-refractivity contribution < 1.29 is 13.7 Å². The number of hydrogen-bond acceptors (Lipinski definition) is 6. The van der Waals surface area contributed by atoms with Crippen molar-refractivity contribution in [1.82, 2.24) is 25.3 Å². The van der Waals surface area contributed by atoms with Crippen LogP contribution >= 0.6 is 0 Å². The lowest BCUT2D eigenvalue weighted by atomic mass is 10.1. The van der Waals surface area contributed by atoms with Crippen LogP contribution in [0.3, 0.4) is 0 Å². The highest BCUT2D eigenvalue weighted by Crippen LogP contribution is 2.22. The Morgan fingerprint density at radius 2 is 2.20 bits per heavy atom. The zero-order chi connectivity index (χ0) is 17.8. The van der Waals surface area contributed by atoms with Gasteiger partial charge in [0.05, 0.1) is 6.54 Å². The molecule has 1 aliphatic rings. The van der Waals surface area contributed by atoms with Gasteiger partial charge in [-0.05, 0) is 20.0 Å². The highest BCUT2D eigenvalue weighted by Gasteiger charge is 2.30. The number of benzene rings is 1. The highest BCUT2D eigenvalue weighted by molar-refractivity contribution is 5.78. The van der Waals surface area contributed by atoms with Crippen molar-refractivity contribution in [3.05, 3.63) is 47.4 Å². The second-order valence-corrected chi connectivity index (χ2v) is 6.28. The predicted octanol–water partition coefficient (Wildman–Crippen LogP) is 1.12. The lowest BCUT2D eigenvalue weighted by Crippen LogP contribution is -2.49. The Kier molecular flexibility index (Phi) is 5.40. The van der Waals surface area contributed by atoms with Crippen LogP contribution in [0.25, 0.3) is 0 Å². The summed E-state index contributed by atoms with van der Waals surface area (Å²) in [6.45, 7) is 4.42. The first-order valence-electron chi connectivity index (χ1n) is 8.26. The van der Waals surface area contributed by atoms with E-state index in [1.807, 2.05) is 11.9 Å². The van der Waals surface area contributed by atoms with E-state index in [-0.39, 0.29) is 30.9 Å². The fourth-order valence-corrected chi connectivity index (χ4v) is 2.88. The molecule has 2 heterocycles. The Labute approximate surface area is 145 Å². The van der Waals surface area contributed by atoms with Gasteiger partial charge in [0.25, 0.3) is 0 Å². The van der Waals surface area contributed by atoms with Gasteiger partial charge in [-0.1, -0.05) is 23.4 Å². The van der Waals surface area contributed by atoms with E-state index in [2.05, 4.69) is 20.4 Å². The monoisotopic (exact) mass is 347 g/mol. The van der Waals surface area contributed by atoms with Gasteiger partial charge in [0.15, 0.2) is 5.82 Å². The predicted molar refractivity (Wildman–Crippen MR) is 89.1 cm³/mol. The topological polar surface area (TPSA) is 74.5 Å². The molecule has 0 bridgehead atoms. The van der Waals surface area contributed by atoms with E-state index in [0.717, 1.165) is 13.1 Å². The Hall–Kier alpha value is -2.32. The molecule has 1 aliphatic heterocycles. The summed E-state index contributed by atoms with van der Waals surface area (Å²) in [6.07, 6.45) is 0. The Morgan fingerprint density at radius 1 is 1.40 bits per heavy atom. The minimum atomic E-state index is -0.311. The molecular weight excluding hydrogens is 325 g/mol. The molecule has 8 heteroatoms. The summed E-state index contributed by atoms with van der Waals surface area (Å²) in [6, 6.07) is 6.40. The van der Waals surface area contributed by atoms with Crippen LogP contribution in [0.15, 0.2) is 28.8 Å². The number of carbonyl (C=O) groups is 1. The van der Waals surface area contributed by atoms with Crippen molar-refractivity contribution in [1.29, 1.82) is 0 Å². The van der Waals surface area contributed by atoms with Gasteiger partial charge in [-0.25, -0.2) is 4.39 Å². The van der Waals surface area contributed by atoms with E-state index in [4.69, 9.17) is 4.52 Å². The van der Waals surface area contributed by atoms with Crippen molar-refractivity contribution in [2.24, 2.45) is 0 Å². The van der Waals surface area contributed by atoms with Crippen molar-refractivity contribution in [3.63, 3.8) is 0 Å². The maximum absolute atomic E-state index is 13.6. The fraction of sp³-hybridized carbons (Fsp3) is 0.471. The van der Waals surface area contributed by atoms with E-state index in [1.54, 1.807) is 25.1 Å².